The number of benzene rings is 1. The van der Waals surface area contributed by atoms with Gasteiger partial charge in [0.05, 0.1) is 20.8 Å². The van der Waals surface area contributed by atoms with Crippen LogP contribution < -0.4 is 5.32 Å². The smallest absolute Gasteiger partial charge is 0.224 e. The zero-order chi connectivity index (χ0) is 12.8. The maximum Gasteiger partial charge on any atom is 0.224 e. The van der Waals surface area contributed by atoms with Crippen molar-refractivity contribution in [3.63, 3.8) is 0 Å². The van der Waals surface area contributed by atoms with Gasteiger partial charge in [0.15, 0.2) is 0 Å². The molecule has 0 radical (unpaired) electrons. The molecule has 0 bridgehead atoms. The minimum Gasteiger partial charge on any atom is -0.325 e. The molecule has 0 heterocycles. The fraction of sp³-hybridized carbons (Fsp3) is 0.364. The van der Waals surface area contributed by atoms with Crippen molar-refractivity contribution in [2.75, 3.05) is 10.6 Å². The van der Waals surface area contributed by atoms with E-state index in [1.54, 1.807) is 6.07 Å². The van der Waals surface area contributed by atoms with Crippen LogP contribution in [-0.4, -0.2) is 11.2 Å². The second-order valence-electron chi connectivity index (χ2n) is 3.44. The summed E-state index contributed by atoms with van der Waals surface area (Å²) in [6.45, 7) is 0. The van der Waals surface area contributed by atoms with Crippen molar-refractivity contribution in [1.82, 2.24) is 0 Å². The number of rotatable bonds is 5. The summed E-state index contributed by atoms with van der Waals surface area (Å²) < 4.78 is 0. The maximum atomic E-state index is 11.6. The Bertz CT molecular complexity index is 412. The molecule has 94 valence electrons. The van der Waals surface area contributed by atoms with E-state index in [0.717, 1.165) is 18.2 Å². The van der Waals surface area contributed by atoms with Gasteiger partial charge in [-0.05, 0) is 25.0 Å². The normalized spacial score (nSPS) is 10.4. The number of hydrogen-bond donors (Lipinski definition) is 1. The molecule has 0 saturated heterocycles. The van der Waals surface area contributed by atoms with Gasteiger partial charge in [0.1, 0.15) is 0 Å². The lowest BCUT2D eigenvalue weighted by molar-refractivity contribution is -0.116. The lowest BCUT2D eigenvalue weighted by atomic mass is 10.2. The Morgan fingerprint density at radius 2 is 1.76 bits per heavy atom. The van der Waals surface area contributed by atoms with Crippen LogP contribution in [0.1, 0.15) is 19.3 Å². The van der Waals surface area contributed by atoms with E-state index in [-0.39, 0.29) is 5.91 Å². The van der Waals surface area contributed by atoms with Crippen LogP contribution >= 0.6 is 50.7 Å². The van der Waals surface area contributed by atoms with Gasteiger partial charge in [-0.15, -0.1) is 0 Å². The van der Waals surface area contributed by atoms with Gasteiger partial charge >= 0.3 is 0 Å². The monoisotopic (exact) mass is 357 g/mol. The van der Waals surface area contributed by atoms with E-state index in [9.17, 15) is 4.79 Å². The fourth-order valence-electron chi connectivity index (χ4n) is 1.21. The predicted octanol–water partition coefficient (Wildman–Crippen LogP) is 5.15. The molecule has 1 rings (SSSR count). The van der Waals surface area contributed by atoms with E-state index >= 15 is 0 Å². The first-order valence-electron chi connectivity index (χ1n) is 5.05. The van der Waals surface area contributed by atoms with E-state index < -0.39 is 0 Å². The zero-order valence-corrected chi connectivity index (χ0v) is 12.8. The summed E-state index contributed by atoms with van der Waals surface area (Å²) in [5.74, 6) is -0.0776. The Kier molecular flexibility index (Phi) is 6.63. The van der Waals surface area contributed by atoms with Crippen LogP contribution in [0, 0.1) is 0 Å². The highest BCUT2D eigenvalue weighted by Crippen LogP contribution is 2.32. The molecule has 17 heavy (non-hydrogen) atoms. The highest BCUT2D eigenvalue weighted by Gasteiger charge is 2.09. The van der Waals surface area contributed by atoms with E-state index in [0.29, 0.717) is 27.2 Å². The predicted molar refractivity (Wildman–Crippen MR) is 77.7 cm³/mol. The minimum absolute atomic E-state index is 0.0776. The van der Waals surface area contributed by atoms with Gasteiger partial charge in [-0.1, -0.05) is 50.7 Å². The molecule has 1 aromatic rings. The molecule has 0 saturated carbocycles. The number of alkyl halides is 1. The second-order valence-corrected chi connectivity index (χ2v) is 5.46. The average molecular weight is 359 g/mol. The van der Waals surface area contributed by atoms with Crippen molar-refractivity contribution in [1.29, 1.82) is 0 Å². The molecule has 0 atom stereocenters. The molecule has 1 amide bonds. The zero-order valence-electron chi connectivity index (χ0n) is 8.90. The summed E-state index contributed by atoms with van der Waals surface area (Å²) >= 11 is 20.9. The average Bonchev–Trinajstić information content (AvgIpc) is 2.26. The van der Waals surface area contributed by atoms with E-state index in [1.807, 2.05) is 0 Å². The summed E-state index contributed by atoms with van der Waals surface area (Å²) in [5.41, 5.74) is 0.491. The van der Waals surface area contributed by atoms with Crippen molar-refractivity contribution in [3.05, 3.63) is 27.2 Å². The third kappa shape index (κ3) is 5.04. The number of carbonyl (C=O) groups is 1. The number of amides is 1. The molecule has 0 aliphatic carbocycles. The molecule has 0 aromatic heterocycles. The van der Waals surface area contributed by atoms with E-state index in [2.05, 4.69) is 21.2 Å². The molecular formula is C11H11BrCl3NO. The Hall–Kier alpha value is 0.0400. The minimum atomic E-state index is -0.0776. The standard InChI is InChI=1S/C11H11BrCl3NO/c12-4-2-1-3-11(17)16-10-6-8(14)7(13)5-9(10)15/h5-6H,1-4H2,(H,16,17). The Morgan fingerprint density at radius 1 is 1.12 bits per heavy atom. The van der Waals surface area contributed by atoms with E-state index in [4.69, 9.17) is 34.8 Å². The van der Waals surface area contributed by atoms with Crippen LogP contribution in [0.3, 0.4) is 0 Å². The topological polar surface area (TPSA) is 29.1 Å². The number of unbranched alkanes of at least 4 members (excludes halogenated alkanes) is 1. The SMILES string of the molecule is O=C(CCCCBr)Nc1cc(Cl)c(Cl)cc1Cl. The Morgan fingerprint density at radius 3 is 2.41 bits per heavy atom. The van der Waals surface area contributed by atoms with Crippen LogP contribution in [0.25, 0.3) is 0 Å². The molecule has 0 unspecified atom stereocenters. The second kappa shape index (κ2) is 7.47. The number of carbonyl (C=O) groups excluding carboxylic acids is 1. The third-order valence-electron chi connectivity index (χ3n) is 2.07. The molecule has 0 fully saturated rings. The van der Waals surface area contributed by atoms with Gasteiger partial charge < -0.3 is 5.32 Å². The molecule has 0 aliphatic rings. The van der Waals surface area contributed by atoms with Crippen LogP contribution in [-0.2, 0) is 4.79 Å². The highest BCUT2D eigenvalue weighted by molar-refractivity contribution is 9.09. The van der Waals surface area contributed by atoms with Crippen LogP contribution in [0.4, 0.5) is 5.69 Å². The highest BCUT2D eigenvalue weighted by atomic mass is 79.9. The lowest BCUT2D eigenvalue weighted by Crippen LogP contribution is -2.11. The van der Waals surface area contributed by atoms with Crippen LogP contribution in [0.15, 0.2) is 12.1 Å². The van der Waals surface area contributed by atoms with Crippen LogP contribution in [0.5, 0.6) is 0 Å². The largest absolute Gasteiger partial charge is 0.325 e. The van der Waals surface area contributed by atoms with Crippen molar-refractivity contribution in [2.24, 2.45) is 0 Å². The first-order valence-corrected chi connectivity index (χ1v) is 7.30. The summed E-state index contributed by atoms with van der Waals surface area (Å²) in [7, 11) is 0. The van der Waals surface area contributed by atoms with Crippen molar-refractivity contribution >= 4 is 62.3 Å². The Labute approximate surface area is 124 Å². The molecule has 2 nitrogen and oxygen atoms in total. The molecule has 0 aliphatic heterocycles. The van der Waals surface area contributed by atoms with Gasteiger partial charge in [-0.25, -0.2) is 0 Å². The van der Waals surface area contributed by atoms with Gasteiger partial charge in [0.2, 0.25) is 5.91 Å². The van der Waals surface area contributed by atoms with Crippen molar-refractivity contribution in [3.8, 4) is 0 Å². The first kappa shape index (κ1) is 15.1. The first-order chi connectivity index (χ1) is 8.04. The molecular weight excluding hydrogens is 348 g/mol. The van der Waals surface area contributed by atoms with Gasteiger partial charge in [-0.2, -0.15) is 0 Å². The summed E-state index contributed by atoms with van der Waals surface area (Å²) in [6, 6.07) is 3.06. The van der Waals surface area contributed by atoms with Crippen LogP contribution in [0.2, 0.25) is 15.1 Å². The summed E-state index contributed by atoms with van der Waals surface area (Å²) in [4.78, 5) is 11.6. The Balaban J connectivity index is 2.62. The quantitative estimate of drug-likeness (QED) is 0.440. The summed E-state index contributed by atoms with van der Waals surface area (Å²) in [5, 5.41) is 4.72. The van der Waals surface area contributed by atoms with Gasteiger partial charge in [0.25, 0.3) is 0 Å². The number of halogens is 4. The third-order valence-corrected chi connectivity index (χ3v) is 3.67. The van der Waals surface area contributed by atoms with E-state index in [1.165, 1.54) is 6.07 Å². The lowest BCUT2D eigenvalue weighted by Gasteiger charge is -2.08. The van der Waals surface area contributed by atoms with Gasteiger partial charge in [0, 0.05) is 11.8 Å². The van der Waals surface area contributed by atoms with Crippen molar-refractivity contribution < 1.29 is 4.79 Å². The number of anilines is 1. The number of nitrogens with one attached hydrogen (secondary N) is 1. The van der Waals surface area contributed by atoms with Gasteiger partial charge in [-0.3, -0.25) is 4.79 Å². The molecule has 6 heteroatoms. The molecule has 0 spiro atoms. The fourth-order valence-corrected chi connectivity index (χ4v) is 2.20. The summed E-state index contributed by atoms with van der Waals surface area (Å²) in [6.07, 6.45) is 2.25. The number of hydrogen-bond acceptors (Lipinski definition) is 1. The molecule has 1 aromatic carbocycles. The van der Waals surface area contributed by atoms with Crippen molar-refractivity contribution in [2.45, 2.75) is 19.3 Å². The molecule has 1 N–H and O–H groups in total. The maximum absolute atomic E-state index is 11.6.